The van der Waals surface area contributed by atoms with Gasteiger partial charge in [-0.25, -0.2) is 17.3 Å². The monoisotopic (exact) mass is 426 g/mol. The van der Waals surface area contributed by atoms with Crippen LogP contribution in [0.1, 0.15) is 32.3 Å². The van der Waals surface area contributed by atoms with Crippen LogP contribution < -0.4 is 5.56 Å². The fourth-order valence-electron chi connectivity index (χ4n) is 3.58. The first-order valence-electron chi connectivity index (χ1n) is 9.49. The fraction of sp³-hybridized carbons (Fsp3) is 0.500. The Kier molecular flexibility index (Phi) is 6.19. The molecule has 1 unspecified atom stereocenters. The van der Waals surface area contributed by atoms with Crippen molar-refractivity contribution in [2.45, 2.75) is 37.5 Å². The van der Waals surface area contributed by atoms with Gasteiger partial charge in [-0.15, -0.1) is 0 Å². The topological polar surface area (TPSA) is 68.6 Å². The molecule has 9 heteroatoms. The second-order valence-electron chi connectivity index (χ2n) is 7.23. The lowest BCUT2D eigenvalue weighted by Crippen LogP contribution is -2.38. The second-order valence-corrected chi connectivity index (χ2v) is 8.71. The average Bonchev–Trinajstić information content (AvgIpc) is 2.69. The lowest BCUT2D eigenvalue weighted by atomic mass is 9.98. The minimum atomic E-state index is -3.20. The number of nitrogens with zero attached hydrogens (tertiary/aromatic N) is 2. The lowest BCUT2D eigenvalue weighted by Gasteiger charge is -2.29. The van der Waals surface area contributed by atoms with Crippen LogP contribution in [0.3, 0.4) is 0 Å². The molecule has 1 aromatic carbocycles. The summed E-state index contributed by atoms with van der Waals surface area (Å²) in [6, 6.07) is 5.53. The molecule has 158 valence electrons. The van der Waals surface area contributed by atoms with E-state index in [-0.39, 0.29) is 22.8 Å². The summed E-state index contributed by atoms with van der Waals surface area (Å²) in [6.45, 7) is 3.71. The van der Waals surface area contributed by atoms with Gasteiger partial charge < -0.3 is 9.30 Å². The number of benzene rings is 1. The van der Waals surface area contributed by atoms with E-state index in [1.807, 2.05) is 0 Å². The molecule has 0 N–H and O–H groups in total. The van der Waals surface area contributed by atoms with E-state index in [9.17, 15) is 22.6 Å². The van der Waals surface area contributed by atoms with Crippen LogP contribution in [0, 0.1) is 5.92 Å². The molecule has 1 aliphatic heterocycles. The Balaban J connectivity index is 1.89. The Bertz CT molecular complexity index is 1010. The molecule has 1 fully saturated rings. The number of aryl methyl sites for hydroxylation is 1. The summed E-state index contributed by atoms with van der Waals surface area (Å²) in [4.78, 5) is 24.3. The smallest absolute Gasteiger partial charge is 0.309 e. The standard InChI is InChI=1S/C20H24F2N2O4S/c1-4-28-19(26)13-7-9-24(10-8-13)29(27)14-5-6-17-15(11-14)16(20(2,21)22)12-18(25)23(17)3/h5-6,11-13H,4,7-10H2,1-3H3. The first-order valence-corrected chi connectivity index (χ1v) is 10.6. The van der Waals surface area contributed by atoms with Crippen LogP contribution in [-0.2, 0) is 33.5 Å². The third-order valence-electron chi connectivity index (χ3n) is 5.20. The molecule has 2 aromatic rings. The van der Waals surface area contributed by atoms with Crippen molar-refractivity contribution in [3.8, 4) is 0 Å². The number of piperidine rings is 1. The minimum absolute atomic E-state index is 0.201. The van der Waals surface area contributed by atoms with E-state index in [4.69, 9.17) is 4.74 Å². The van der Waals surface area contributed by atoms with Gasteiger partial charge in [-0.3, -0.25) is 9.59 Å². The van der Waals surface area contributed by atoms with Crippen LogP contribution in [0.4, 0.5) is 8.78 Å². The molecular formula is C20H24F2N2O4S. The molecule has 1 atom stereocenters. The van der Waals surface area contributed by atoms with E-state index in [2.05, 4.69) is 0 Å². The summed E-state index contributed by atoms with van der Waals surface area (Å²) in [7, 11) is -0.0429. The zero-order valence-electron chi connectivity index (χ0n) is 16.6. The highest BCUT2D eigenvalue weighted by molar-refractivity contribution is 7.82. The SMILES string of the molecule is CCOC(=O)C1CCN(S(=O)c2ccc3c(c2)c(C(C)(F)F)cc(=O)n3C)CC1. The summed E-state index contributed by atoms with van der Waals surface area (Å²) in [5, 5.41) is 0.201. The molecule has 0 radical (unpaired) electrons. The van der Waals surface area contributed by atoms with Gasteiger partial charge in [0.05, 0.1) is 22.9 Å². The first kappa shape index (κ1) is 21.6. The third kappa shape index (κ3) is 4.40. The minimum Gasteiger partial charge on any atom is -0.466 e. The van der Waals surface area contributed by atoms with Gasteiger partial charge >= 0.3 is 5.97 Å². The number of fused-ring (bicyclic) bond motifs is 1. The molecule has 0 bridgehead atoms. The van der Waals surface area contributed by atoms with Crippen molar-refractivity contribution < 1.29 is 22.5 Å². The Hall–Kier alpha value is -2.13. The van der Waals surface area contributed by atoms with Gasteiger partial charge in [0.15, 0.2) is 0 Å². The highest BCUT2D eigenvalue weighted by atomic mass is 32.2. The number of halogens is 2. The van der Waals surface area contributed by atoms with E-state index in [0.29, 0.717) is 43.0 Å². The summed E-state index contributed by atoms with van der Waals surface area (Å²) in [5.41, 5.74) is -0.546. The molecule has 0 aliphatic carbocycles. The molecule has 0 saturated carbocycles. The molecular weight excluding hydrogens is 402 g/mol. The number of rotatable bonds is 5. The van der Waals surface area contributed by atoms with Crippen molar-refractivity contribution in [2.24, 2.45) is 13.0 Å². The highest BCUT2D eigenvalue weighted by Gasteiger charge is 2.31. The van der Waals surface area contributed by atoms with Crippen molar-refractivity contribution in [2.75, 3.05) is 19.7 Å². The van der Waals surface area contributed by atoms with Crippen molar-refractivity contribution in [1.82, 2.24) is 8.87 Å². The van der Waals surface area contributed by atoms with E-state index < -0.39 is 22.5 Å². The van der Waals surface area contributed by atoms with Crippen LogP contribution in [0.2, 0.25) is 0 Å². The molecule has 29 heavy (non-hydrogen) atoms. The Morgan fingerprint density at radius 3 is 2.52 bits per heavy atom. The van der Waals surface area contributed by atoms with E-state index >= 15 is 0 Å². The third-order valence-corrected chi connectivity index (χ3v) is 6.69. The van der Waals surface area contributed by atoms with E-state index in [0.717, 1.165) is 13.0 Å². The molecule has 2 heterocycles. The maximum absolute atomic E-state index is 14.1. The number of carbonyl (C=O) groups is 1. The maximum Gasteiger partial charge on any atom is 0.309 e. The quantitative estimate of drug-likeness (QED) is 0.690. The van der Waals surface area contributed by atoms with Crippen LogP contribution in [0.25, 0.3) is 10.9 Å². The van der Waals surface area contributed by atoms with Crippen molar-refractivity contribution >= 4 is 27.9 Å². The van der Waals surface area contributed by atoms with Crippen molar-refractivity contribution in [3.05, 3.63) is 40.2 Å². The average molecular weight is 426 g/mol. The highest BCUT2D eigenvalue weighted by Crippen LogP contribution is 2.33. The first-order chi connectivity index (χ1) is 13.6. The Labute approximate surface area is 170 Å². The molecule has 0 amide bonds. The van der Waals surface area contributed by atoms with Crippen LogP contribution in [0.5, 0.6) is 0 Å². The number of aromatic nitrogens is 1. The van der Waals surface area contributed by atoms with Gasteiger partial charge in [0.25, 0.3) is 11.5 Å². The molecule has 3 rings (SSSR count). The van der Waals surface area contributed by atoms with Crippen molar-refractivity contribution in [1.29, 1.82) is 0 Å². The fourth-order valence-corrected chi connectivity index (χ4v) is 4.82. The molecule has 1 aromatic heterocycles. The molecule has 1 saturated heterocycles. The molecule has 1 aliphatic rings. The summed E-state index contributed by atoms with van der Waals surface area (Å²) in [6.07, 6.45) is 1.07. The number of pyridine rings is 1. The van der Waals surface area contributed by atoms with Gasteiger partial charge in [0.2, 0.25) is 0 Å². The molecule has 6 nitrogen and oxygen atoms in total. The number of hydrogen-bond acceptors (Lipinski definition) is 4. The summed E-state index contributed by atoms with van der Waals surface area (Å²) < 4.78 is 49.3. The summed E-state index contributed by atoms with van der Waals surface area (Å²) in [5.74, 6) is -3.65. The maximum atomic E-state index is 14.1. The Morgan fingerprint density at radius 1 is 1.28 bits per heavy atom. The Morgan fingerprint density at radius 2 is 1.93 bits per heavy atom. The van der Waals surface area contributed by atoms with Gasteiger partial charge in [-0.2, -0.15) is 0 Å². The van der Waals surface area contributed by atoms with E-state index in [1.165, 1.54) is 17.7 Å². The number of ether oxygens (including phenoxy) is 1. The zero-order valence-corrected chi connectivity index (χ0v) is 17.4. The van der Waals surface area contributed by atoms with Gasteiger partial charge in [-0.05, 0) is 38.0 Å². The van der Waals surface area contributed by atoms with Crippen LogP contribution in [0.15, 0.2) is 34.0 Å². The second kappa shape index (κ2) is 8.31. The zero-order chi connectivity index (χ0) is 21.3. The lowest BCUT2D eigenvalue weighted by molar-refractivity contribution is -0.149. The number of hydrogen-bond donors (Lipinski definition) is 0. The predicted molar refractivity (Wildman–Crippen MR) is 106 cm³/mol. The van der Waals surface area contributed by atoms with Crippen LogP contribution >= 0.6 is 0 Å². The number of carbonyl (C=O) groups excluding carboxylic acids is 1. The van der Waals surface area contributed by atoms with E-state index in [1.54, 1.807) is 23.4 Å². The van der Waals surface area contributed by atoms with Gasteiger partial charge in [-0.1, -0.05) is 0 Å². The summed E-state index contributed by atoms with van der Waals surface area (Å²) >= 11 is 0. The van der Waals surface area contributed by atoms with Gasteiger partial charge in [0, 0.05) is 44.1 Å². The van der Waals surface area contributed by atoms with Crippen LogP contribution in [-0.4, -0.2) is 38.7 Å². The normalized spacial score (nSPS) is 17.4. The largest absolute Gasteiger partial charge is 0.466 e. The number of esters is 1. The number of alkyl halides is 2. The van der Waals surface area contributed by atoms with Crippen molar-refractivity contribution in [3.63, 3.8) is 0 Å². The predicted octanol–water partition coefficient (Wildman–Crippen LogP) is 2.95. The van der Waals surface area contributed by atoms with Gasteiger partial charge in [0.1, 0.15) is 11.0 Å². The molecule has 0 spiro atoms.